The third kappa shape index (κ3) is 2.86. The molecular weight excluding hydrogens is 294 g/mol. The van der Waals surface area contributed by atoms with E-state index < -0.39 is 0 Å². The van der Waals surface area contributed by atoms with Crippen LogP contribution in [0.1, 0.15) is 41.0 Å². The summed E-state index contributed by atoms with van der Waals surface area (Å²) in [6.45, 7) is 15.4. The lowest BCUT2D eigenvalue weighted by atomic mass is 9.57. The molecular formula is C17H31N3OS. The van der Waals surface area contributed by atoms with Crippen LogP contribution in [-0.2, 0) is 4.74 Å². The van der Waals surface area contributed by atoms with Crippen molar-refractivity contribution in [2.24, 2.45) is 16.3 Å². The van der Waals surface area contributed by atoms with E-state index >= 15 is 0 Å². The van der Waals surface area contributed by atoms with Crippen molar-refractivity contribution in [1.82, 2.24) is 10.2 Å². The van der Waals surface area contributed by atoms with Crippen LogP contribution in [0.15, 0.2) is 4.99 Å². The molecule has 0 aromatic heterocycles. The predicted molar refractivity (Wildman–Crippen MR) is 94.6 cm³/mol. The minimum absolute atomic E-state index is 0.204. The molecule has 2 heterocycles. The Morgan fingerprint density at radius 2 is 2.14 bits per heavy atom. The monoisotopic (exact) mass is 325 g/mol. The largest absolute Gasteiger partial charge is 0.377 e. The number of hydrogen-bond acceptors (Lipinski definition) is 3. The summed E-state index contributed by atoms with van der Waals surface area (Å²) in [5, 5.41) is 3.81. The van der Waals surface area contributed by atoms with Gasteiger partial charge < -0.3 is 15.0 Å². The van der Waals surface area contributed by atoms with Crippen molar-refractivity contribution in [2.75, 3.05) is 32.0 Å². The number of thioether (sulfide) groups is 1. The summed E-state index contributed by atoms with van der Waals surface area (Å²) < 4.78 is 6.23. The smallest absolute Gasteiger partial charge is 0.194 e. The lowest BCUT2D eigenvalue weighted by molar-refractivity contribution is -0.107. The molecule has 0 spiro atoms. The summed E-state index contributed by atoms with van der Waals surface area (Å²) in [5.74, 6) is 2.95. The van der Waals surface area contributed by atoms with Crippen LogP contribution in [0.4, 0.5) is 0 Å². The van der Waals surface area contributed by atoms with Crippen LogP contribution in [-0.4, -0.2) is 59.7 Å². The highest BCUT2D eigenvalue weighted by atomic mass is 32.2. The Bertz CT molecular complexity index is 449. The molecule has 0 amide bonds. The van der Waals surface area contributed by atoms with Crippen LogP contribution in [0, 0.1) is 11.3 Å². The number of ether oxygens (including phenoxy) is 1. The summed E-state index contributed by atoms with van der Waals surface area (Å²) in [5.41, 5.74) is 0.204. The number of hydrogen-bond donors (Lipinski definition) is 1. The minimum Gasteiger partial charge on any atom is -0.377 e. The average molecular weight is 326 g/mol. The van der Waals surface area contributed by atoms with Crippen molar-refractivity contribution < 1.29 is 4.74 Å². The van der Waals surface area contributed by atoms with Crippen molar-refractivity contribution in [3.8, 4) is 0 Å². The van der Waals surface area contributed by atoms with Gasteiger partial charge in [0.1, 0.15) is 0 Å². The zero-order chi connectivity index (χ0) is 16.0. The number of rotatable bonds is 2. The Balaban J connectivity index is 1.71. The molecule has 2 saturated heterocycles. The van der Waals surface area contributed by atoms with Gasteiger partial charge in [-0.2, -0.15) is 11.8 Å². The summed E-state index contributed by atoms with van der Waals surface area (Å²) in [4.78, 5) is 7.25. The maximum absolute atomic E-state index is 5.92. The Labute approximate surface area is 139 Å². The quantitative estimate of drug-likeness (QED) is 0.625. The van der Waals surface area contributed by atoms with Gasteiger partial charge in [0, 0.05) is 54.1 Å². The molecule has 3 rings (SSSR count). The van der Waals surface area contributed by atoms with Crippen LogP contribution in [0.2, 0.25) is 0 Å². The van der Waals surface area contributed by atoms with E-state index in [1.165, 1.54) is 12.2 Å². The Morgan fingerprint density at radius 3 is 2.82 bits per heavy atom. The maximum atomic E-state index is 5.92. The van der Waals surface area contributed by atoms with Gasteiger partial charge in [-0.25, -0.2) is 0 Å². The predicted octanol–water partition coefficient (Wildman–Crippen LogP) is 2.59. The van der Waals surface area contributed by atoms with Crippen LogP contribution in [0.25, 0.3) is 0 Å². The average Bonchev–Trinajstić information content (AvgIpc) is 2.89. The van der Waals surface area contributed by atoms with Gasteiger partial charge in [-0.05, 0) is 27.2 Å². The first-order valence-electron chi connectivity index (χ1n) is 8.66. The van der Waals surface area contributed by atoms with Crippen molar-refractivity contribution in [2.45, 2.75) is 57.9 Å². The van der Waals surface area contributed by atoms with E-state index in [2.05, 4.69) is 56.6 Å². The minimum atomic E-state index is 0.204. The lowest BCUT2D eigenvalue weighted by Gasteiger charge is -2.55. The second kappa shape index (κ2) is 5.90. The molecule has 126 valence electrons. The van der Waals surface area contributed by atoms with E-state index in [1.54, 1.807) is 0 Å². The van der Waals surface area contributed by atoms with Gasteiger partial charge in [-0.15, -0.1) is 0 Å². The van der Waals surface area contributed by atoms with Crippen LogP contribution in [0.3, 0.4) is 0 Å². The fourth-order valence-electron chi connectivity index (χ4n) is 4.34. The van der Waals surface area contributed by atoms with E-state index in [4.69, 9.17) is 9.73 Å². The van der Waals surface area contributed by atoms with Gasteiger partial charge >= 0.3 is 0 Å². The second-order valence-electron chi connectivity index (χ2n) is 8.01. The van der Waals surface area contributed by atoms with E-state index in [0.29, 0.717) is 22.8 Å². The topological polar surface area (TPSA) is 36.9 Å². The molecule has 3 fully saturated rings. The van der Waals surface area contributed by atoms with E-state index in [9.17, 15) is 0 Å². The summed E-state index contributed by atoms with van der Waals surface area (Å²) >= 11 is 2.07. The third-order valence-corrected chi connectivity index (χ3v) is 6.72. The van der Waals surface area contributed by atoms with Gasteiger partial charge in [0.25, 0.3) is 0 Å². The Kier molecular flexibility index (Phi) is 4.41. The first kappa shape index (κ1) is 16.4. The van der Waals surface area contributed by atoms with Crippen molar-refractivity contribution in [1.29, 1.82) is 0 Å². The standard InChI is InChI=1S/C17H31N3OS/c1-6-18-15(20-8-10-22-16(2,3)11-20)19-13-12-7-9-21-14(12)17(13,4)5/h12-14H,6-11H2,1-5H3,(H,18,19). The van der Waals surface area contributed by atoms with Crippen molar-refractivity contribution in [3.05, 3.63) is 0 Å². The molecule has 2 aliphatic heterocycles. The van der Waals surface area contributed by atoms with E-state index in [-0.39, 0.29) is 5.41 Å². The second-order valence-corrected chi connectivity index (χ2v) is 9.82. The number of fused-ring (bicyclic) bond motifs is 1. The molecule has 3 atom stereocenters. The Hall–Kier alpha value is -0.420. The molecule has 0 aromatic carbocycles. The highest BCUT2D eigenvalue weighted by Gasteiger charge is 2.59. The summed E-state index contributed by atoms with van der Waals surface area (Å²) in [7, 11) is 0. The molecule has 4 nitrogen and oxygen atoms in total. The maximum Gasteiger partial charge on any atom is 0.194 e. The van der Waals surface area contributed by atoms with Gasteiger partial charge in [0.05, 0.1) is 6.10 Å². The summed E-state index contributed by atoms with van der Waals surface area (Å²) in [6.07, 6.45) is 1.62. The van der Waals surface area contributed by atoms with Crippen LogP contribution >= 0.6 is 11.8 Å². The SMILES string of the molecule is CCN=C(NC1C2CCOC2C1(C)C)N1CCSC(C)(C)C1. The lowest BCUT2D eigenvalue weighted by Crippen LogP contribution is -2.68. The van der Waals surface area contributed by atoms with Crippen LogP contribution in [0.5, 0.6) is 0 Å². The molecule has 3 unspecified atom stereocenters. The van der Waals surface area contributed by atoms with Crippen molar-refractivity contribution >= 4 is 17.7 Å². The number of nitrogens with zero attached hydrogens (tertiary/aromatic N) is 2. The van der Waals surface area contributed by atoms with Gasteiger partial charge in [0.2, 0.25) is 0 Å². The first-order chi connectivity index (χ1) is 10.3. The summed E-state index contributed by atoms with van der Waals surface area (Å²) in [6, 6.07) is 0.489. The molecule has 1 N–H and O–H groups in total. The van der Waals surface area contributed by atoms with Gasteiger partial charge in [-0.1, -0.05) is 13.8 Å². The zero-order valence-electron chi connectivity index (χ0n) is 14.7. The van der Waals surface area contributed by atoms with Gasteiger partial charge in [0.15, 0.2) is 5.96 Å². The molecule has 1 saturated carbocycles. The Morgan fingerprint density at radius 1 is 1.36 bits per heavy atom. The normalized spacial score (nSPS) is 36.7. The van der Waals surface area contributed by atoms with Gasteiger partial charge in [-0.3, -0.25) is 4.99 Å². The van der Waals surface area contributed by atoms with Crippen molar-refractivity contribution in [3.63, 3.8) is 0 Å². The molecule has 0 bridgehead atoms. The number of nitrogens with one attached hydrogen (secondary N) is 1. The molecule has 3 aliphatic rings. The molecule has 0 aromatic rings. The highest BCUT2D eigenvalue weighted by Crippen LogP contribution is 2.52. The molecule has 0 radical (unpaired) electrons. The molecule has 5 heteroatoms. The number of aliphatic imine (C=N–C) groups is 1. The highest BCUT2D eigenvalue weighted by molar-refractivity contribution is 8.00. The fourth-order valence-corrected chi connectivity index (χ4v) is 5.45. The molecule has 22 heavy (non-hydrogen) atoms. The van der Waals surface area contributed by atoms with Crippen LogP contribution < -0.4 is 5.32 Å². The first-order valence-corrected chi connectivity index (χ1v) is 9.65. The fraction of sp³-hybridized carbons (Fsp3) is 0.941. The zero-order valence-corrected chi connectivity index (χ0v) is 15.5. The molecule has 1 aliphatic carbocycles. The number of guanidine groups is 1. The van der Waals surface area contributed by atoms with E-state index in [0.717, 1.165) is 32.2 Å². The third-order valence-electron chi connectivity index (χ3n) is 5.42. The van der Waals surface area contributed by atoms with E-state index in [1.807, 2.05) is 0 Å².